The summed E-state index contributed by atoms with van der Waals surface area (Å²) >= 11 is 0. The lowest BCUT2D eigenvalue weighted by atomic mass is 10.2. The molecule has 1 aliphatic rings. The maximum absolute atomic E-state index is 12.3. The van der Waals surface area contributed by atoms with Crippen LogP contribution in [-0.4, -0.2) is 41.1 Å². The third-order valence-electron chi connectivity index (χ3n) is 4.02. The number of amides is 2. The van der Waals surface area contributed by atoms with Crippen LogP contribution in [0.4, 0.5) is 5.69 Å². The summed E-state index contributed by atoms with van der Waals surface area (Å²) in [4.78, 5) is 30.0. The Labute approximate surface area is 140 Å². The lowest BCUT2D eigenvalue weighted by molar-refractivity contribution is -0.122. The number of nitrogens with zero attached hydrogens (tertiary/aromatic N) is 3. The van der Waals surface area contributed by atoms with E-state index in [0.29, 0.717) is 31.7 Å². The molecular formula is C17H20N4O3. The van der Waals surface area contributed by atoms with Crippen LogP contribution in [0.5, 0.6) is 5.75 Å². The van der Waals surface area contributed by atoms with Crippen molar-refractivity contribution in [2.75, 3.05) is 18.6 Å². The Hall–Kier alpha value is -2.83. The highest BCUT2D eigenvalue weighted by atomic mass is 16.5. The molecule has 0 bridgehead atoms. The number of hydrogen-bond donors (Lipinski definition) is 1. The number of methoxy groups -OCH3 is 1. The molecule has 126 valence electrons. The zero-order chi connectivity index (χ0) is 16.9. The predicted octanol–water partition coefficient (Wildman–Crippen LogP) is 1.20. The Kier molecular flexibility index (Phi) is 4.79. The normalized spacial score (nSPS) is 17.1. The average Bonchev–Trinajstić information content (AvgIpc) is 3.22. The number of anilines is 1. The van der Waals surface area contributed by atoms with Crippen molar-refractivity contribution in [2.45, 2.75) is 25.4 Å². The highest BCUT2D eigenvalue weighted by Crippen LogP contribution is 2.30. The van der Waals surface area contributed by atoms with Crippen molar-refractivity contribution in [3.05, 3.63) is 43.0 Å². The van der Waals surface area contributed by atoms with Crippen molar-refractivity contribution in [3.8, 4) is 5.75 Å². The summed E-state index contributed by atoms with van der Waals surface area (Å²) in [6.07, 6.45) is 5.83. The summed E-state index contributed by atoms with van der Waals surface area (Å²) in [6.45, 7) is 1.03. The van der Waals surface area contributed by atoms with Crippen LogP contribution in [0.25, 0.3) is 0 Å². The average molecular weight is 328 g/mol. The van der Waals surface area contributed by atoms with E-state index in [1.807, 2.05) is 35.0 Å². The van der Waals surface area contributed by atoms with Crippen molar-refractivity contribution in [1.82, 2.24) is 14.9 Å². The van der Waals surface area contributed by atoms with Gasteiger partial charge in [0.1, 0.15) is 5.75 Å². The minimum absolute atomic E-state index is 0.0144. The third kappa shape index (κ3) is 3.56. The van der Waals surface area contributed by atoms with Gasteiger partial charge in [-0.2, -0.15) is 0 Å². The fourth-order valence-electron chi connectivity index (χ4n) is 2.84. The lowest BCUT2D eigenvalue weighted by Gasteiger charge is -2.19. The maximum Gasteiger partial charge on any atom is 0.229 e. The summed E-state index contributed by atoms with van der Waals surface area (Å²) < 4.78 is 7.16. The number of aromatic nitrogens is 2. The van der Waals surface area contributed by atoms with Crippen LogP contribution in [0.15, 0.2) is 43.0 Å². The summed E-state index contributed by atoms with van der Waals surface area (Å²) in [5.74, 6) is 0.570. The monoisotopic (exact) mass is 328 g/mol. The van der Waals surface area contributed by atoms with Crippen molar-refractivity contribution >= 4 is 17.5 Å². The largest absolute Gasteiger partial charge is 0.495 e. The van der Waals surface area contributed by atoms with Gasteiger partial charge >= 0.3 is 0 Å². The SMILES string of the molecule is COc1ccccc1N1CC(NC(=O)CCn2ccnc2)CC1=O. The van der Waals surface area contributed by atoms with Crippen LogP contribution in [0.2, 0.25) is 0 Å². The summed E-state index contributed by atoms with van der Waals surface area (Å²) in [7, 11) is 1.58. The molecule has 1 fully saturated rings. The first kappa shape index (κ1) is 16.0. The van der Waals surface area contributed by atoms with Crippen molar-refractivity contribution < 1.29 is 14.3 Å². The van der Waals surface area contributed by atoms with E-state index in [0.717, 1.165) is 5.69 Å². The Bertz CT molecular complexity index is 714. The van der Waals surface area contributed by atoms with Gasteiger partial charge in [0.05, 0.1) is 25.2 Å². The van der Waals surface area contributed by atoms with Gasteiger partial charge in [0.25, 0.3) is 0 Å². The molecule has 1 aromatic heterocycles. The predicted molar refractivity (Wildman–Crippen MR) is 88.7 cm³/mol. The number of carbonyl (C=O) groups is 2. The van der Waals surface area contributed by atoms with Gasteiger partial charge in [0, 0.05) is 38.3 Å². The molecule has 2 heterocycles. The number of para-hydroxylation sites is 2. The molecule has 1 aliphatic heterocycles. The smallest absolute Gasteiger partial charge is 0.229 e. The molecule has 1 aromatic carbocycles. The quantitative estimate of drug-likeness (QED) is 0.864. The second kappa shape index (κ2) is 7.16. The van der Waals surface area contributed by atoms with Gasteiger partial charge in [-0.05, 0) is 12.1 Å². The molecule has 1 unspecified atom stereocenters. The van der Waals surface area contributed by atoms with E-state index in [-0.39, 0.29) is 17.9 Å². The molecule has 0 spiro atoms. The van der Waals surface area contributed by atoms with Gasteiger partial charge in [-0.3, -0.25) is 9.59 Å². The molecule has 1 saturated heterocycles. The van der Waals surface area contributed by atoms with Gasteiger partial charge in [0.15, 0.2) is 0 Å². The summed E-state index contributed by atoms with van der Waals surface area (Å²) in [6, 6.07) is 7.21. The Morgan fingerprint density at radius 2 is 2.25 bits per heavy atom. The maximum atomic E-state index is 12.3. The van der Waals surface area contributed by atoms with E-state index in [1.54, 1.807) is 24.5 Å². The van der Waals surface area contributed by atoms with Gasteiger partial charge in [-0.15, -0.1) is 0 Å². The molecule has 3 rings (SSSR count). The van der Waals surface area contributed by atoms with Crippen LogP contribution >= 0.6 is 0 Å². The molecule has 1 N–H and O–H groups in total. The summed E-state index contributed by atoms with van der Waals surface area (Å²) in [5.41, 5.74) is 0.736. The van der Waals surface area contributed by atoms with Crippen molar-refractivity contribution in [2.24, 2.45) is 0 Å². The number of nitrogens with one attached hydrogen (secondary N) is 1. The van der Waals surface area contributed by atoms with Crippen LogP contribution in [-0.2, 0) is 16.1 Å². The van der Waals surface area contributed by atoms with Gasteiger partial charge < -0.3 is 19.5 Å². The molecule has 1 atom stereocenters. The van der Waals surface area contributed by atoms with Gasteiger partial charge in [-0.1, -0.05) is 12.1 Å². The Morgan fingerprint density at radius 1 is 1.42 bits per heavy atom. The van der Waals surface area contributed by atoms with E-state index in [9.17, 15) is 9.59 Å². The lowest BCUT2D eigenvalue weighted by Crippen LogP contribution is -2.37. The summed E-state index contributed by atoms with van der Waals surface area (Å²) in [5, 5.41) is 2.93. The van der Waals surface area contributed by atoms with Crippen LogP contribution in [0, 0.1) is 0 Å². The molecule has 24 heavy (non-hydrogen) atoms. The molecule has 0 aliphatic carbocycles. The van der Waals surface area contributed by atoms with E-state index in [2.05, 4.69) is 10.3 Å². The van der Waals surface area contributed by atoms with E-state index >= 15 is 0 Å². The molecule has 7 nitrogen and oxygen atoms in total. The Balaban J connectivity index is 1.57. The number of benzene rings is 1. The minimum atomic E-state index is -0.183. The molecular weight excluding hydrogens is 308 g/mol. The zero-order valence-corrected chi connectivity index (χ0v) is 13.5. The molecule has 7 heteroatoms. The fourth-order valence-corrected chi connectivity index (χ4v) is 2.84. The third-order valence-corrected chi connectivity index (χ3v) is 4.02. The number of aryl methyl sites for hydroxylation is 1. The first-order valence-corrected chi connectivity index (χ1v) is 7.86. The molecule has 0 radical (unpaired) electrons. The Morgan fingerprint density at radius 3 is 3.00 bits per heavy atom. The molecule has 2 amide bonds. The van der Waals surface area contributed by atoms with Crippen LogP contribution in [0.3, 0.4) is 0 Å². The topological polar surface area (TPSA) is 76.5 Å². The molecule has 0 saturated carbocycles. The van der Waals surface area contributed by atoms with E-state index in [1.165, 1.54) is 0 Å². The number of carbonyl (C=O) groups excluding carboxylic acids is 2. The van der Waals surface area contributed by atoms with Crippen molar-refractivity contribution in [1.29, 1.82) is 0 Å². The molecule has 2 aromatic rings. The van der Waals surface area contributed by atoms with E-state index in [4.69, 9.17) is 4.74 Å². The fraction of sp³-hybridized carbons (Fsp3) is 0.353. The van der Waals surface area contributed by atoms with Gasteiger partial charge in [0.2, 0.25) is 11.8 Å². The second-order valence-electron chi connectivity index (χ2n) is 5.70. The number of ether oxygens (including phenoxy) is 1. The van der Waals surface area contributed by atoms with Gasteiger partial charge in [-0.25, -0.2) is 4.98 Å². The van der Waals surface area contributed by atoms with E-state index < -0.39 is 0 Å². The number of imidazole rings is 1. The second-order valence-corrected chi connectivity index (χ2v) is 5.70. The first-order chi connectivity index (χ1) is 11.7. The number of hydrogen-bond acceptors (Lipinski definition) is 4. The minimum Gasteiger partial charge on any atom is -0.495 e. The first-order valence-electron chi connectivity index (χ1n) is 7.86. The van der Waals surface area contributed by atoms with Crippen molar-refractivity contribution in [3.63, 3.8) is 0 Å². The highest BCUT2D eigenvalue weighted by Gasteiger charge is 2.32. The number of rotatable bonds is 6. The van der Waals surface area contributed by atoms with Crippen LogP contribution < -0.4 is 15.0 Å². The highest BCUT2D eigenvalue weighted by molar-refractivity contribution is 5.98. The van der Waals surface area contributed by atoms with Crippen LogP contribution in [0.1, 0.15) is 12.8 Å². The standard InChI is InChI=1S/C17H20N4O3/c1-24-15-5-3-2-4-14(15)21-11-13(10-17(21)23)19-16(22)6-8-20-9-7-18-12-20/h2-5,7,9,12-13H,6,8,10-11H2,1H3,(H,19,22). The zero-order valence-electron chi connectivity index (χ0n) is 13.5.